The highest BCUT2D eigenvalue weighted by Crippen LogP contribution is 2.23. The van der Waals surface area contributed by atoms with E-state index in [-0.39, 0.29) is 24.8 Å². The molecule has 0 aliphatic carbocycles. The number of aliphatic hydroxyl groups is 1. The van der Waals surface area contributed by atoms with Gasteiger partial charge in [0.05, 0.1) is 23.5 Å². The van der Waals surface area contributed by atoms with Gasteiger partial charge in [-0.05, 0) is 18.2 Å². The first-order valence-electron chi connectivity index (χ1n) is 7.21. The van der Waals surface area contributed by atoms with Gasteiger partial charge < -0.3 is 5.11 Å². The average Bonchev–Trinajstić information content (AvgIpc) is 2.69. The van der Waals surface area contributed by atoms with Crippen LogP contribution < -0.4 is 10.7 Å². The van der Waals surface area contributed by atoms with Gasteiger partial charge in [-0.2, -0.15) is 0 Å². The van der Waals surface area contributed by atoms with Crippen molar-refractivity contribution in [1.29, 1.82) is 0 Å². The van der Waals surface area contributed by atoms with Crippen molar-refractivity contribution in [3.63, 3.8) is 0 Å². The molecule has 8 heteroatoms. The van der Waals surface area contributed by atoms with E-state index in [9.17, 15) is 5.21 Å². The molecular formula is C16H14Cl2N4O2. The van der Waals surface area contributed by atoms with E-state index in [2.05, 4.69) is 15.0 Å². The summed E-state index contributed by atoms with van der Waals surface area (Å²) in [5.74, 6) is 0.374. The van der Waals surface area contributed by atoms with E-state index in [0.29, 0.717) is 32.8 Å². The maximum absolute atomic E-state index is 10.6. The lowest BCUT2D eigenvalue weighted by Gasteiger charge is -2.19. The quantitative estimate of drug-likeness (QED) is 0.803. The van der Waals surface area contributed by atoms with E-state index in [1.807, 2.05) is 6.07 Å². The Morgan fingerprint density at radius 1 is 1.17 bits per heavy atom. The summed E-state index contributed by atoms with van der Waals surface area (Å²) in [4.78, 5) is 12.9. The molecule has 0 saturated heterocycles. The molecule has 0 amide bonds. The number of hydroxylamine groups is 2. The molecule has 6 nitrogen and oxygen atoms in total. The maximum Gasteiger partial charge on any atom is 0.146 e. The van der Waals surface area contributed by atoms with Gasteiger partial charge in [-0.3, -0.25) is 10.2 Å². The Balaban J connectivity index is 2.34. The zero-order valence-corrected chi connectivity index (χ0v) is 14.0. The number of nitrogens with zero attached hydrogens (tertiary/aromatic N) is 4. The van der Waals surface area contributed by atoms with Gasteiger partial charge in [0, 0.05) is 5.56 Å². The fourth-order valence-corrected chi connectivity index (χ4v) is 2.76. The SMILES string of the molecule is OCCN=C1CN(O)C(c2ccccc2Cl)=c2nc(Cl)ccc2=N1. The molecule has 0 unspecified atom stereocenters. The van der Waals surface area contributed by atoms with Crippen LogP contribution in [0, 0.1) is 0 Å². The molecule has 0 fully saturated rings. The van der Waals surface area contributed by atoms with E-state index in [1.165, 1.54) is 0 Å². The Morgan fingerprint density at radius 3 is 2.71 bits per heavy atom. The minimum Gasteiger partial charge on any atom is -0.394 e. The van der Waals surface area contributed by atoms with Gasteiger partial charge in [-0.25, -0.2) is 15.0 Å². The van der Waals surface area contributed by atoms with Crippen LogP contribution >= 0.6 is 23.2 Å². The number of halogens is 2. The number of fused-ring (bicyclic) bond motifs is 1. The summed E-state index contributed by atoms with van der Waals surface area (Å²) in [6, 6.07) is 10.4. The van der Waals surface area contributed by atoms with Crippen molar-refractivity contribution < 1.29 is 10.3 Å². The first-order chi connectivity index (χ1) is 11.6. The van der Waals surface area contributed by atoms with Gasteiger partial charge in [-0.15, -0.1) is 0 Å². The van der Waals surface area contributed by atoms with Crippen molar-refractivity contribution in [3.8, 4) is 0 Å². The van der Waals surface area contributed by atoms with Crippen LogP contribution in [0.5, 0.6) is 0 Å². The summed E-state index contributed by atoms with van der Waals surface area (Å²) in [7, 11) is 0. The minimum absolute atomic E-state index is 0.0362. The van der Waals surface area contributed by atoms with E-state index in [4.69, 9.17) is 28.3 Å². The number of aromatic nitrogens is 1. The van der Waals surface area contributed by atoms with Gasteiger partial charge in [0.1, 0.15) is 28.6 Å². The van der Waals surface area contributed by atoms with Crippen LogP contribution in [-0.4, -0.2) is 45.9 Å². The number of aliphatic hydroxyl groups excluding tert-OH is 1. The molecule has 0 radical (unpaired) electrons. The van der Waals surface area contributed by atoms with Gasteiger partial charge in [0.2, 0.25) is 0 Å². The molecule has 0 spiro atoms. The lowest BCUT2D eigenvalue weighted by molar-refractivity contribution is -0.0122. The third-order valence-corrected chi connectivity index (χ3v) is 3.93. The third kappa shape index (κ3) is 3.42. The van der Waals surface area contributed by atoms with Gasteiger partial charge >= 0.3 is 0 Å². The van der Waals surface area contributed by atoms with Crippen LogP contribution in [0.25, 0.3) is 5.70 Å². The standard InChI is InChI=1S/C16H14Cl2N4O2/c17-11-4-2-1-3-10(11)16-15-12(5-6-13(18)21-15)20-14(9-22(16)24)19-7-8-23/h1-6,23-24H,7-9H2. The monoisotopic (exact) mass is 364 g/mol. The molecule has 0 atom stereocenters. The third-order valence-electron chi connectivity index (χ3n) is 3.39. The minimum atomic E-state index is -0.0999. The highest BCUT2D eigenvalue weighted by atomic mass is 35.5. The van der Waals surface area contributed by atoms with Crippen molar-refractivity contribution >= 4 is 34.7 Å². The van der Waals surface area contributed by atoms with Gasteiger partial charge in [0.15, 0.2) is 0 Å². The molecule has 1 aliphatic rings. The second-order valence-electron chi connectivity index (χ2n) is 5.02. The van der Waals surface area contributed by atoms with Crippen molar-refractivity contribution in [3.05, 3.63) is 62.8 Å². The fourth-order valence-electron chi connectivity index (χ4n) is 2.39. The number of aliphatic imine (C=N–C) groups is 1. The molecule has 2 heterocycles. The highest BCUT2D eigenvalue weighted by molar-refractivity contribution is 6.32. The number of rotatable bonds is 3. The van der Waals surface area contributed by atoms with Crippen molar-refractivity contribution in [2.45, 2.75) is 0 Å². The van der Waals surface area contributed by atoms with Crippen LogP contribution in [-0.2, 0) is 0 Å². The molecule has 24 heavy (non-hydrogen) atoms. The molecule has 124 valence electrons. The largest absolute Gasteiger partial charge is 0.394 e. The number of hydrogen-bond acceptors (Lipinski definition) is 5. The van der Waals surface area contributed by atoms with E-state index in [0.717, 1.165) is 5.06 Å². The predicted octanol–water partition coefficient (Wildman–Crippen LogP) is 1.26. The smallest absolute Gasteiger partial charge is 0.146 e. The molecule has 1 aromatic heterocycles. The fraction of sp³-hybridized carbons (Fsp3) is 0.188. The Bertz CT molecular complexity index is 915. The van der Waals surface area contributed by atoms with E-state index >= 15 is 0 Å². The van der Waals surface area contributed by atoms with E-state index < -0.39 is 0 Å². The van der Waals surface area contributed by atoms with Crippen LogP contribution in [0.2, 0.25) is 10.2 Å². The zero-order valence-electron chi connectivity index (χ0n) is 12.5. The van der Waals surface area contributed by atoms with Crippen LogP contribution in [0.15, 0.2) is 46.4 Å². The summed E-state index contributed by atoms with van der Waals surface area (Å²) in [6.07, 6.45) is 0. The van der Waals surface area contributed by atoms with Crippen molar-refractivity contribution in [1.82, 2.24) is 10.0 Å². The van der Waals surface area contributed by atoms with Gasteiger partial charge in [0.25, 0.3) is 0 Å². The first-order valence-corrected chi connectivity index (χ1v) is 7.97. The summed E-state index contributed by atoms with van der Waals surface area (Å²) in [5.41, 5.74) is 1.01. The Morgan fingerprint density at radius 2 is 1.96 bits per heavy atom. The summed E-state index contributed by atoms with van der Waals surface area (Å²) in [6.45, 7) is 0.135. The molecule has 1 aliphatic heterocycles. The first kappa shape index (κ1) is 16.9. The Hall–Kier alpha value is -1.99. The Kier molecular flexibility index (Phi) is 5.11. The second-order valence-corrected chi connectivity index (χ2v) is 5.82. The van der Waals surface area contributed by atoms with Crippen LogP contribution in [0.1, 0.15) is 5.56 Å². The van der Waals surface area contributed by atoms with Gasteiger partial charge in [-0.1, -0.05) is 41.4 Å². The van der Waals surface area contributed by atoms with Crippen LogP contribution in [0.4, 0.5) is 0 Å². The summed E-state index contributed by atoms with van der Waals surface area (Å²) < 4.78 is 0. The summed E-state index contributed by atoms with van der Waals surface area (Å²) in [5, 5.41) is 22.2. The summed E-state index contributed by atoms with van der Waals surface area (Å²) >= 11 is 12.3. The molecule has 0 bridgehead atoms. The normalized spacial score (nSPS) is 15.9. The molecule has 3 rings (SSSR count). The van der Waals surface area contributed by atoms with E-state index in [1.54, 1.807) is 30.3 Å². The highest BCUT2D eigenvalue weighted by Gasteiger charge is 2.20. The number of hydrogen-bond donors (Lipinski definition) is 2. The molecule has 2 N–H and O–H groups in total. The zero-order chi connectivity index (χ0) is 17.1. The lowest BCUT2D eigenvalue weighted by atomic mass is 10.1. The molecule has 2 aromatic rings. The Labute approximate surface area is 148 Å². The van der Waals surface area contributed by atoms with Crippen molar-refractivity contribution in [2.75, 3.05) is 19.7 Å². The lowest BCUT2D eigenvalue weighted by Crippen LogP contribution is -2.34. The number of amidine groups is 1. The number of benzene rings is 1. The second kappa shape index (κ2) is 7.27. The topological polar surface area (TPSA) is 81.3 Å². The number of pyridine rings is 1. The molecular weight excluding hydrogens is 351 g/mol. The predicted molar refractivity (Wildman–Crippen MR) is 91.9 cm³/mol. The van der Waals surface area contributed by atoms with Crippen molar-refractivity contribution in [2.24, 2.45) is 9.98 Å². The maximum atomic E-state index is 10.6. The molecule has 1 aromatic carbocycles. The average molecular weight is 365 g/mol. The van der Waals surface area contributed by atoms with Crippen LogP contribution in [0.3, 0.4) is 0 Å². The molecule has 0 saturated carbocycles.